The van der Waals surface area contributed by atoms with Gasteiger partial charge >= 0.3 is 17.9 Å². The molecule has 0 aliphatic carbocycles. The Balaban J connectivity index is 4.35. The molecule has 0 fully saturated rings. The number of hydrogen-bond donors (Lipinski definition) is 0. The Kier molecular flexibility index (Phi) is 60.3. The second-order valence-electron chi connectivity index (χ2n) is 21.3. The van der Waals surface area contributed by atoms with E-state index in [1.165, 1.54) is 167 Å². The van der Waals surface area contributed by atoms with Crippen molar-refractivity contribution in [3.8, 4) is 0 Å². The van der Waals surface area contributed by atoms with Gasteiger partial charge in [-0.25, -0.2) is 0 Å². The molecule has 1 unspecified atom stereocenters. The van der Waals surface area contributed by atoms with Gasteiger partial charge in [0.05, 0.1) is 0 Å². The molecule has 0 aromatic carbocycles. The van der Waals surface area contributed by atoms with Crippen LogP contribution in [0.3, 0.4) is 0 Å². The molecule has 0 saturated heterocycles. The largest absolute Gasteiger partial charge is 0.462 e. The van der Waals surface area contributed by atoms with Crippen LogP contribution >= 0.6 is 0 Å². The summed E-state index contributed by atoms with van der Waals surface area (Å²) in [4.78, 5) is 38.3. The first-order valence-corrected chi connectivity index (χ1v) is 32.1. The zero-order valence-electron chi connectivity index (χ0n) is 49.6. The number of rotatable bonds is 58. The summed E-state index contributed by atoms with van der Waals surface area (Å²) in [5.41, 5.74) is 0. The van der Waals surface area contributed by atoms with E-state index in [9.17, 15) is 14.4 Å². The minimum Gasteiger partial charge on any atom is -0.462 e. The Hall–Kier alpha value is -3.41. The molecule has 0 aliphatic heterocycles. The molecule has 1 atom stereocenters. The van der Waals surface area contributed by atoms with Crippen molar-refractivity contribution in [1.82, 2.24) is 0 Å². The number of allylic oxidation sites excluding steroid dienone is 14. The lowest BCUT2D eigenvalue weighted by atomic mass is 10.1. The van der Waals surface area contributed by atoms with Gasteiger partial charge in [0.15, 0.2) is 6.10 Å². The predicted molar refractivity (Wildman–Crippen MR) is 325 cm³/mol. The second kappa shape index (κ2) is 63.1. The van der Waals surface area contributed by atoms with Crippen molar-refractivity contribution < 1.29 is 28.6 Å². The number of unbranched alkanes of at least 4 members (excludes halogenated alkanes) is 33. The topological polar surface area (TPSA) is 78.9 Å². The molecule has 0 saturated carbocycles. The fourth-order valence-electron chi connectivity index (χ4n) is 9.05. The summed E-state index contributed by atoms with van der Waals surface area (Å²) < 4.78 is 16.9. The van der Waals surface area contributed by atoms with Crippen LogP contribution in [0, 0.1) is 0 Å². The van der Waals surface area contributed by atoms with Gasteiger partial charge in [-0.3, -0.25) is 14.4 Å². The molecule has 432 valence electrons. The highest BCUT2D eigenvalue weighted by atomic mass is 16.6. The molecule has 0 aromatic rings. The molecule has 0 aliphatic rings. The number of ether oxygens (including phenoxy) is 3. The maximum Gasteiger partial charge on any atom is 0.306 e. The van der Waals surface area contributed by atoms with Gasteiger partial charge in [0, 0.05) is 19.3 Å². The molecule has 0 amide bonds. The number of carbonyl (C=O) groups is 3. The van der Waals surface area contributed by atoms with E-state index in [4.69, 9.17) is 14.2 Å². The van der Waals surface area contributed by atoms with Gasteiger partial charge in [-0.2, -0.15) is 0 Å². The van der Waals surface area contributed by atoms with Crippen LogP contribution in [0.2, 0.25) is 0 Å². The third kappa shape index (κ3) is 61.3. The zero-order valence-corrected chi connectivity index (χ0v) is 49.6. The molecule has 0 radical (unpaired) electrons. The van der Waals surface area contributed by atoms with Crippen LogP contribution in [0.15, 0.2) is 85.1 Å². The highest BCUT2D eigenvalue weighted by molar-refractivity contribution is 5.71. The third-order valence-corrected chi connectivity index (χ3v) is 13.9. The Bertz CT molecular complexity index is 1430. The first kappa shape index (κ1) is 71.6. The molecule has 0 bridgehead atoms. The predicted octanol–water partition coefficient (Wildman–Crippen LogP) is 21.9. The lowest BCUT2D eigenvalue weighted by Gasteiger charge is -2.18. The standard InChI is InChI=1S/C69H120O6/c1-4-7-10-13-16-19-22-25-28-30-31-32-33-34-35-36-37-39-41-44-47-50-53-56-59-62-68(71)74-65-66(64-73-67(70)61-58-55-52-49-46-43-40-27-24-21-18-15-12-9-6-3)75-69(72)63-60-57-54-51-48-45-42-38-29-26-23-20-17-14-11-8-5-2/h9,12,18,21-22,25-27,29-31,33-34,40,66H,4-8,10-11,13-17,19-20,23-24,28,32,35-39,41-65H2,1-3H3/b12-9-,21-18-,25-22-,29-26-,31-30-,34-33-,40-27-. The van der Waals surface area contributed by atoms with Crippen molar-refractivity contribution in [3.05, 3.63) is 85.1 Å². The van der Waals surface area contributed by atoms with Crippen molar-refractivity contribution in [3.63, 3.8) is 0 Å². The SMILES string of the molecule is CC/C=C\C/C=C\C/C=C\CCCCCCCC(=O)OCC(COC(=O)CCCCCCCCCCCC/C=C\C/C=C\C/C=C\CCCCCCC)OC(=O)CCCCCCCCC/C=C\CCCCCCCC. The highest BCUT2D eigenvalue weighted by Gasteiger charge is 2.19. The summed E-state index contributed by atoms with van der Waals surface area (Å²) in [7, 11) is 0. The van der Waals surface area contributed by atoms with E-state index in [0.29, 0.717) is 19.3 Å². The molecule has 75 heavy (non-hydrogen) atoms. The van der Waals surface area contributed by atoms with Gasteiger partial charge in [-0.1, -0.05) is 266 Å². The van der Waals surface area contributed by atoms with E-state index in [-0.39, 0.29) is 31.1 Å². The molecular weight excluding hydrogens is 925 g/mol. The summed E-state index contributed by atoms with van der Waals surface area (Å²) in [5.74, 6) is -0.899. The Morgan fingerprint density at radius 2 is 0.520 bits per heavy atom. The van der Waals surface area contributed by atoms with E-state index >= 15 is 0 Å². The van der Waals surface area contributed by atoms with E-state index in [1.807, 2.05) is 0 Å². The lowest BCUT2D eigenvalue weighted by molar-refractivity contribution is -0.167. The zero-order chi connectivity index (χ0) is 54.3. The van der Waals surface area contributed by atoms with Crippen molar-refractivity contribution in [2.75, 3.05) is 13.2 Å². The molecular formula is C69H120O6. The maximum absolute atomic E-state index is 12.9. The summed E-state index contributed by atoms with van der Waals surface area (Å²) in [6.07, 6.45) is 83.0. The monoisotopic (exact) mass is 1040 g/mol. The Morgan fingerprint density at radius 1 is 0.280 bits per heavy atom. The minimum absolute atomic E-state index is 0.0851. The lowest BCUT2D eigenvalue weighted by Crippen LogP contribution is -2.30. The van der Waals surface area contributed by atoms with Gasteiger partial charge in [-0.15, -0.1) is 0 Å². The molecule has 0 spiro atoms. The van der Waals surface area contributed by atoms with E-state index in [2.05, 4.69) is 106 Å². The van der Waals surface area contributed by atoms with Gasteiger partial charge in [0.1, 0.15) is 13.2 Å². The fraction of sp³-hybridized carbons (Fsp3) is 0.754. The average Bonchev–Trinajstić information content (AvgIpc) is 3.41. The van der Waals surface area contributed by atoms with Crippen LogP contribution in [0.1, 0.15) is 316 Å². The first-order chi connectivity index (χ1) is 37.0. The summed E-state index contributed by atoms with van der Waals surface area (Å²) in [6.45, 7) is 6.52. The highest BCUT2D eigenvalue weighted by Crippen LogP contribution is 2.16. The first-order valence-electron chi connectivity index (χ1n) is 32.1. The second-order valence-corrected chi connectivity index (χ2v) is 21.3. The molecule has 0 heterocycles. The van der Waals surface area contributed by atoms with Crippen molar-refractivity contribution in [2.45, 2.75) is 322 Å². The molecule has 6 heteroatoms. The fourth-order valence-corrected chi connectivity index (χ4v) is 9.05. The summed E-state index contributed by atoms with van der Waals surface area (Å²) >= 11 is 0. The number of esters is 3. The van der Waals surface area contributed by atoms with Gasteiger partial charge in [-0.05, 0) is 116 Å². The molecule has 0 rings (SSSR count). The molecule has 0 aromatic heterocycles. The number of hydrogen-bond acceptors (Lipinski definition) is 6. The van der Waals surface area contributed by atoms with E-state index in [0.717, 1.165) is 109 Å². The van der Waals surface area contributed by atoms with E-state index < -0.39 is 6.10 Å². The van der Waals surface area contributed by atoms with Gasteiger partial charge in [0.2, 0.25) is 0 Å². The van der Waals surface area contributed by atoms with Crippen molar-refractivity contribution in [2.24, 2.45) is 0 Å². The van der Waals surface area contributed by atoms with Crippen LogP contribution < -0.4 is 0 Å². The number of carbonyl (C=O) groups excluding carboxylic acids is 3. The van der Waals surface area contributed by atoms with Crippen LogP contribution in [0.4, 0.5) is 0 Å². The minimum atomic E-state index is -0.789. The molecule has 0 N–H and O–H groups in total. The van der Waals surface area contributed by atoms with Gasteiger partial charge < -0.3 is 14.2 Å². The average molecular weight is 1050 g/mol. The summed E-state index contributed by atoms with van der Waals surface area (Å²) in [6, 6.07) is 0. The quantitative estimate of drug-likeness (QED) is 0.0261. The maximum atomic E-state index is 12.9. The van der Waals surface area contributed by atoms with Crippen molar-refractivity contribution >= 4 is 17.9 Å². The third-order valence-electron chi connectivity index (χ3n) is 13.9. The summed E-state index contributed by atoms with van der Waals surface area (Å²) in [5, 5.41) is 0. The Labute approximate surface area is 465 Å². The van der Waals surface area contributed by atoms with Crippen LogP contribution in [0.25, 0.3) is 0 Å². The van der Waals surface area contributed by atoms with Crippen LogP contribution in [0.5, 0.6) is 0 Å². The molecule has 6 nitrogen and oxygen atoms in total. The van der Waals surface area contributed by atoms with Crippen molar-refractivity contribution in [1.29, 1.82) is 0 Å². The van der Waals surface area contributed by atoms with Crippen LogP contribution in [-0.4, -0.2) is 37.2 Å². The Morgan fingerprint density at radius 3 is 0.827 bits per heavy atom. The van der Waals surface area contributed by atoms with E-state index in [1.54, 1.807) is 0 Å². The van der Waals surface area contributed by atoms with Crippen LogP contribution in [-0.2, 0) is 28.6 Å². The normalized spacial score (nSPS) is 12.6. The van der Waals surface area contributed by atoms with Gasteiger partial charge in [0.25, 0.3) is 0 Å². The smallest absolute Gasteiger partial charge is 0.306 e.